The molecule has 1 aromatic carbocycles. The first-order valence-corrected chi connectivity index (χ1v) is 10.2. The molecule has 0 unspecified atom stereocenters. The van der Waals surface area contributed by atoms with Gasteiger partial charge in [0.25, 0.3) is 0 Å². The Bertz CT molecular complexity index is 873. The Morgan fingerprint density at radius 1 is 1.14 bits per heavy atom. The zero-order valence-corrected chi connectivity index (χ0v) is 16.4. The van der Waals surface area contributed by atoms with Crippen molar-refractivity contribution in [3.8, 4) is 11.8 Å². The van der Waals surface area contributed by atoms with Gasteiger partial charge in [0.2, 0.25) is 0 Å². The summed E-state index contributed by atoms with van der Waals surface area (Å²) in [6, 6.07) is 9.34. The minimum absolute atomic E-state index is 0.198. The number of aromatic nitrogens is 1. The third-order valence-electron chi connectivity index (χ3n) is 4.87. The maximum absolute atomic E-state index is 13.8. The lowest BCUT2D eigenvalue weighted by atomic mass is 9.97. The molecule has 0 radical (unpaired) electrons. The van der Waals surface area contributed by atoms with Crippen molar-refractivity contribution in [3.05, 3.63) is 52.2 Å². The van der Waals surface area contributed by atoms with E-state index in [-0.39, 0.29) is 16.2 Å². The normalized spacial score (nSPS) is 14.1. The molecule has 2 aromatic rings. The molecule has 1 heterocycles. The summed E-state index contributed by atoms with van der Waals surface area (Å²) >= 11 is 1.22. The summed E-state index contributed by atoms with van der Waals surface area (Å²) < 4.78 is 46.5. The molecule has 1 aliphatic carbocycles. The average molecular weight is 406 g/mol. The number of hydrogen-bond donors (Lipinski definition) is 0. The van der Waals surface area contributed by atoms with E-state index in [2.05, 4.69) is 4.98 Å². The lowest BCUT2D eigenvalue weighted by Crippen LogP contribution is -2.16. The van der Waals surface area contributed by atoms with E-state index < -0.39 is 11.7 Å². The molecule has 3 nitrogen and oxygen atoms in total. The van der Waals surface area contributed by atoms with Crippen molar-refractivity contribution in [2.45, 2.75) is 49.7 Å². The van der Waals surface area contributed by atoms with Crippen LogP contribution in [-0.4, -0.2) is 17.8 Å². The van der Waals surface area contributed by atoms with E-state index in [0.29, 0.717) is 37.1 Å². The second kappa shape index (κ2) is 8.87. The number of hydrogen-bond acceptors (Lipinski definition) is 4. The number of ether oxygens (including phenoxy) is 1. The molecule has 0 fully saturated rings. The molecule has 0 amide bonds. The predicted molar refractivity (Wildman–Crippen MR) is 103 cm³/mol. The van der Waals surface area contributed by atoms with Gasteiger partial charge < -0.3 is 4.74 Å². The van der Waals surface area contributed by atoms with Crippen molar-refractivity contribution in [3.63, 3.8) is 0 Å². The van der Waals surface area contributed by atoms with Crippen molar-refractivity contribution < 1.29 is 17.9 Å². The fourth-order valence-electron chi connectivity index (χ4n) is 3.47. The van der Waals surface area contributed by atoms with Gasteiger partial charge in [0.15, 0.2) is 0 Å². The molecule has 0 saturated heterocycles. The number of thioether (sulfide) groups is 1. The SMILES string of the molecule is COc1ccc(CCSc2nc3c(c(C(F)(F)F)c2C#N)CCCCC3)cc1. The van der Waals surface area contributed by atoms with E-state index in [4.69, 9.17) is 4.74 Å². The molecule has 1 aliphatic rings. The first-order chi connectivity index (χ1) is 13.4. The quantitative estimate of drug-likeness (QED) is 0.480. The Kier molecular flexibility index (Phi) is 6.50. The van der Waals surface area contributed by atoms with Crippen LogP contribution < -0.4 is 4.74 Å². The second-order valence-electron chi connectivity index (χ2n) is 6.71. The molecule has 1 aromatic heterocycles. The number of nitriles is 1. The molecule has 0 atom stereocenters. The third kappa shape index (κ3) is 4.61. The molecule has 0 saturated carbocycles. The van der Waals surface area contributed by atoms with Crippen LogP contribution in [0, 0.1) is 11.3 Å². The van der Waals surface area contributed by atoms with Crippen LogP contribution in [0.4, 0.5) is 13.2 Å². The number of nitrogens with zero attached hydrogens (tertiary/aromatic N) is 2. The highest BCUT2D eigenvalue weighted by atomic mass is 32.2. The minimum Gasteiger partial charge on any atom is -0.497 e. The number of methoxy groups -OCH3 is 1. The minimum atomic E-state index is -4.55. The summed E-state index contributed by atoms with van der Waals surface area (Å²) in [7, 11) is 1.59. The lowest BCUT2D eigenvalue weighted by Gasteiger charge is -2.18. The molecule has 0 aliphatic heterocycles. The van der Waals surface area contributed by atoms with Crippen LogP contribution in [0.1, 0.15) is 47.2 Å². The molecular formula is C21H21F3N2OS. The number of alkyl halides is 3. The van der Waals surface area contributed by atoms with Crippen molar-refractivity contribution in [2.75, 3.05) is 12.9 Å². The fourth-order valence-corrected chi connectivity index (χ4v) is 4.47. The Hall–Kier alpha value is -2.20. The van der Waals surface area contributed by atoms with E-state index in [0.717, 1.165) is 24.2 Å². The van der Waals surface area contributed by atoms with Crippen LogP contribution in [0.2, 0.25) is 0 Å². The van der Waals surface area contributed by atoms with Gasteiger partial charge in [-0.05, 0) is 55.4 Å². The highest BCUT2D eigenvalue weighted by molar-refractivity contribution is 7.99. The van der Waals surface area contributed by atoms with Crippen molar-refractivity contribution >= 4 is 11.8 Å². The maximum atomic E-state index is 13.8. The number of benzene rings is 1. The summed E-state index contributed by atoms with van der Waals surface area (Å²) in [5, 5.41) is 9.69. The van der Waals surface area contributed by atoms with Gasteiger partial charge in [0.1, 0.15) is 16.8 Å². The van der Waals surface area contributed by atoms with Crippen molar-refractivity contribution in [1.82, 2.24) is 4.98 Å². The molecule has 28 heavy (non-hydrogen) atoms. The van der Waals surface area contributed by atoms with Crippen molar-refractivity contribution in [2.24, 2.45) is 0 Å². The molecule has 148 valence electrons. The fraction of sp³-hybridized carbons (Fsp3) is 0.429. The monoisotopic (exact) mass is 406 g/mol. The highest BCUT2D eigenvalue weighted by Gasteiger charge is 2.39. The molecule has 7 heteroatoms. The maximum Gasteiger partial charge on any atom is 0.418 e. The highest BCUT2D eigenvalue weighted by Crippen LogP contribution is 2.40. The molecule has 0 spiro atoms. The van der Waals surface area contributed by atoms with E-state index in [1.54, 1.807) is 13.2 Å². The number of halogens is 3. The molecular weight excluding hydrogens is 385 g/mol. The topological polar surface area (TPSA) is 45.9 Å². The Morgan fingerprint density at radius 2 is 1.86 bits per heavy atom. The van der Waals surface area contributed by atoms with Crippen LogP contribution in [0.15, 0.2) is 29.3 Å². The van der Waals surface area contributed by atoms with E-state index in [1.165, 1.54) is 11.8 Å². The first kappa shape index (κ1) is 20.5. The van der Waals surface area contributed by atoms with E-state index >= 15 is 0 Å². The Balaban J connectivity index is 1.87. The summed E-state index contributed by atoms with van der Waals surface area (Å²) in [5.41, 5.74) is 0.691. The van der Waals surface area contributed by atoms with Gasteiger partial charge >= 0.3 is 6.18 Å². The van der Waals surface area contributed by atoms with Gasteiger partial charge in [-0.1, -0.05) is 18.6 Å². The van der Waals surface area contributed by atoms with Crippen LogP contribution in [0.3, 0.4) is 0 Å². The smallest absolute Gasteiger partial charge is 0.418 e. The van der Waals surface area contributed by atoms with E-state index in [1.807, 2.05) is 24.3 Å². The molecule has 0 N–H and O–H groups in total. The zero-order valence-electron chi connectivity index (χ0n) is 15.6. The van der Waals surface area contributed by atoms with Gasteiger partial charge in [0, 0.05) is 11.4 Å². The standard InChI is InChI=1S/C21H21F3N2OS/c1-27-15-9-7-14(8-10-15)11-12-28-20-17(13-25)19(21(22,23)24)16-5-3-2-4-6-18(16)26-20/h7-10H,2-6,11-12H2,1H3. The van der Waals surface area contributed by atoms with Crippen LogP contribution in [0.25, 0.3) is 0 Å². The number of pyridine rings is 1. The van der Waals surface area contributed by atoms with Crippen molar-refractivity contribution in [1.29, 1.82) is 5.26 Å². The predicted octanol–water partition coefficient (Wildman–Crippen LogP) is 5.58. The largest absolute Gasteiger partial charge is 0.497 e. The summed E-state index contributed by atoms with van der Waals surface area (Å²) in [6.45, 7) is 0. The lowest BCUT2D eigenvalue weighted by molar-refractivity contribution is -0.138. The number of rotatable bonds is 5. The molecule has 0 bridgehead atoms. The van der Waals surface area contributed by atoms with E-state index in [9.17, 15) is 18.4 Å². The van der Waals surface area contributed by atoms with Gasteiger partial charge in [-0.15, -0.1) is 11.8 Å². The van der Waals surface area contributed by atoms with Gasteiger partial charge in [-0.25, -0.2) is 4.98 Å². The first-order valence-electron chi connectivity index (χ1n) is 9.22. The average Bonchev–Trinajstić information content (AvgIpc) is 2.91. The molecule has 3 rings (SSSR count). The van der Waals surface area contributed by atoms with Crippen LogP contribution in [0.5, 0.6) is 5.75 Å². The summed E-state index contributed by atoms with van der Waals surface area (Å²) in [4.78, 5) is 4.50. The summed E-state index contributed by atoms with van der Waals surface area (Å²) in [5.74, 6) is 1.30. The van der Waals surface area contributed by atoms with Gasteiger partial charge in [-0.2, -0.15) is 18.4 Å². The zero-order chi connectivity index (χ0) is 20.1. The third-order valence-corrected chi connectivity index (χ3v) is 5.85. The van der Waals surface area contributed by atoms with Crippen LogP contribution >= 0.6 is 11.8 Å². The van der Waals surface area contributed by atoms with Crippen LogP contribution in [-0.2, 0) is 25.4 Å². The Morgan fingerprint density at radius 3 is 2.50 bits per heavy atom. The summed E-state index contributed by atoms with van der Waals surface area (Å²) in [6.07, 6.45) is -0.590. The second-order valence-corrected chi connectivity index (χ2v) is 7.79. The van der Waals surface area contributed by atoms with Gasteiger partial charge in [0.05, 0.1) is 18.2 Å². The van der Waals surface area contributed by atoms with Gasteiger partial charge in [-0.3, -0.25) is 0 Å². The Labute approximate surface area is 166 Å². The number of fused-ring (bicyclic) bond motifs is 1. The number of aryl methyl sites for hydroxylation is 2.